The number of fused-ring (bicyclic) bond motifs is 1. The topological polar surface area (TPSA) is 38.2 Å². The average Bonchev–Trinajstić information content (AvgIpc) is 3.03. The quantitative estimate of drug-likeness (QED) is 0.242. The Hall–Kier alpha value is -1.34. The Labute approximate surface area is 161 Å². The van der Waals surface area contributed by atoms with Crippen molar-refractivity contribution in [1.82, 2.24) is 14.9 Å². The van der Waals surface area contributed by atoms with Gasteiger partial charge in [0.2, 0.25) is 0 Å². The van der Waals surface area contributed by atoms with E-state index < -0.39 is 0 Å². The molecule has 3 rings (SSSR count). The van der Waals surface area contributed by atoms with Gasteiger partial charge in [0.05, 0.1) is 12.5 Å². The molecule has 0 unspecified atom stereocenters. The predicted octanol–water partition coefficient (Wildman–Crippen LogP) is 5.06. The first-order valence-corrected chi connectivity index (χ1v) is 10.2. The summed E-state index contributed by atoms with van der Waals surface area (Å²) in [6.07, 6.45) is 1.10. The molecule has 0 aliphatic heterocycles. The number of nitrogens with zero attached hydrogens (tertiary/aromatic N) is 3. The van der Waals surface area contributed by atoms with Gasteiger partial charge in [-0.15, -0.1) is 11.3 Å². The highest BCUT2D eigenvalue weighted by Gasteiger charge is 2.14. The summed E-state index contributed by atoms with van der Waals surface area (Å²) in [5, 5.41) is 4.29. The molecule has 0 spiro atoms. The molecule has 0 saturated carbocycles. The van der Waals surface area contributed by atoms with Crippen LogP contribution in [0.5, 0.6) is 5.75 Å². The van der Waals surface area contributed by atoms with E-state index in [1.54, 1.807) is 30.2 Å². The number of thioether (sulfide) groups is 1. The molecule has 7 heteroatoms. The molecule has 1 aromatic carbocycles. The normalized spacial score (nSPS) is 11.4. The summed E-state index contributed by atoms with van der Waals surface area (Å²) in [6.45, 7) is 1.06. The van der Waals surface area contributed by atoms with E-state index in [9.17, 15) is 0 Å². The zero-order valence-corrected chi connectivity index (χ0v) is 16.8. The third-order valence-corrected chi connectivity index (χ3v) is 5.83. The van der Waals surface area contributed by atoms with Crippen LogP contribution in [0.2, 0.25) is 5.15 Å². The Balaban J connectivity index is 1.83. The van der Waals surface area contributed by atoms with E-state index in [4.69, 9.17) is 16.3 Å². The van der Waals surface area contributed by atoms with E-state index in [-0.39, 0.29) is 0 Å². The maximum Gasteiger partial charge on any atom is 0.190 e. The molecule has 132 valence electrons. The third kappa shape index (κ3) is 4.44. The van der Waals surface area contributed by atoms with Crippen LogP contribution >= 0.6 is 34.7 Å². The fourth-order valence-electron chi connectivity index (χ4n) is 2.47. The van der Waals surface area contributed by atoms with E-state index in [0.29, 0.717) is 5.15 Å². The van der Waals surface area contributed by atoms with Gasteiger partial charge in [0.15, 0.2) is 5.16 Å². The van der Waals surface area contributed by atoms with Crippen LogP contribution in [0.25, 0.3) is 21.3 Å². The standard InChI is InChI=1S/C18H20ClN3OS2/c1-22(2)9-4-10-24-18-20-16(19)15-14(11-25-17(15)21-18)12-5-7-13(23-3)8-6-12/h5-8,11H,4,9-10H2,1-3H3. The van der Waals surface area contributed by atoms with Crippen molar-refractivity contribution in [3.63, 3.8) is 0 Å². The molecule has 2 aromatic heterocycles. The van der Waals surface area contributed by atoms with Crippen LogP contribution in [0.1, 0.15) is 6.42 Å². The van der Waals surface area contributed by atoms with Crippen LogP contribution in [0.3, 0.4) is 0 Å². The Kier molecular flexibility index (Phi) is 6.17. The summed E-state index contributed by atoms with van der Waals surface area (Å²) in [5.74, 6) is 1.82. The minimum atomic E-state index is 0.521. The summed E-state index contributed by atoms with van der Waals surface area (Å²) in [6, 6.07) is 7.95. The molecule has 0 N–H and O–H groups in total. The van der Waals surface area contributed by atoms with Crippen LogP contribution in [-0.4, -0.2) is 48.4 Å². The summed E-state index contributed by atoms with van der Waals surface area (Å²) in [5.41, 5.74) is 2.15. The maximum absolute atomic E-state index is 6.49. The van der Waals surface area contributed by atoms with E-state index in [1.807, 2.05) is 24.3 Å². The number of aromatic nitrogens is 2. The smallest absolute Gasteiger partial charge is 0.190 e. The average molecular weight is 394 g/mol. The number of hydrogen-bond acceptors (Lipinski definition) is 6. The Bertz CT molecular complexity index is 849. The van der Waals surface area contributed by atoms with Gasteiger partial charge < -0.3 is 9.64 Å². The van der Waals surface area contributed by atoms with Gasteiger partial charge in [0.1, 0.15) is 15.7 Å². The molecular weight excluding hydrogens is 374 g/mol. The SMILES string of the molecule is COc1ccc(-c2csc3nc(SCCCN(C)C)nc(Cl)c23)cc1. The lowest BCUT2D eigenvalue weighted by atomic mass is 10.1. The third-order valence-electron chi connectivity index (χ3n) is 3.75. The molecule has 0 fully saturated rings. The van der Waals surface area contributed by atoms with Crippen molar-refractivity contribution in [3.05, 3.63) is 34.8 Å². The first-order chi connectivity index (χ1) is 12.1. The molecule has 4 nitrogen and oxygen atoms in total. The van der Waals surface area contributed by atoms with Gasteiger partial charge in [-0.05, 0) is 44.8 Å². The number of hydrogen-bond donors (Lipinski definition) is 0. The van der Waals surface area contributed by atoms with Crippen LogP contribution in [0.4, 0.5) is 0 Å². The Morgan fingerprint density at radius 1 is 1.20 bits per heavy atom. The number of thiophene rings is 1. The number of benzene rings is 1. The van der Waals surface area contributed by atoms with Gasteiger partial charge in [-0.3, -0.25) is 0 Å². The Morgan fingerprint density at radius 2 is 1.96 bits per heavy atom. The lowest BCUT2D eigenvalue weighted by Crippen LogP contribution is -2.13. The summed E-state index contributed by atoms with van der Waals surface area (Å²) >= 11 is 9.75. The monoisotopic (exact) mass is 393 g/mol. The predicted molar refractivity (Wildman–Crippen MR) is 108 cm³/mol. The van der Waals surface area contributed by atoms with Crippen LogP contribution < -0.4 is 4.74 Å². The molecule has 0 amide bonds. The largest absolute Gasteiger partial charge is 0.497 e. The lowest BCUT2D eigenvalue weighted by molar-refractivity contribution is 0.410. The molecule has 3 aromatic rings. The second-order valence-corrected chi connectivity index (χ2v) is 8.14. The second kappa shape index (κ2) is 8.36. The van der Waals surface area contributed by atoms with Gasteiger partial charge in [0.25, 0.3) is 0 Å². The molecule has 0 aliphatic carbocycles. The van der Waals surface area contributed by atoms with Gasteiger partial charge in [-0.25, -0.2) is 9.97 Å². The van der Waals surface area contributed by atoms with Gasteiger partial charge in [-0.1, -0.05) is 35.5 Å². The van der Waals surface area contributed by atoms with Crippen LogP contribution in [0, 0.1) is 0 Å². The van der Waals surface area contributed by atoms with Crippen molar-refractivity contribution >= 4 is 44.9 Å². The first-order valence-electron chi connectivity index (χ1n) is 7.95. The Morgan fingerprint density at radius 3 is 2.64 bits per heavy atom. The van der Waals surface area contributed by atoms with Gasteiger partial charge >= 0.3 is 0 Å². The van der Waals surface area contributed by atoms with Crippen molar-refractivity contribution in [2.24, 2.45) is 0 Å². The van der Waals surface area contributed by atoms with Crippen molar-refractivity contribution in [1.29, 1.82) is 0 Å². The molecule has 0 radical (unpaired) electrons. The number of ether oxygens (including phenoxy) is 1. The minimum absolute atomic E-state index is 0.521. The van der Waals surface area contributed by atoms with E-state index in [2.05, 4.69) is 34.3 Å². The fourth-order valence-corrected chi connectivity index (χ4v) is 4.62. The highest BCUT2D eigenvalue weighted by Crippen LogP contribution is 2.38. The summed E-state index contributed by atoms with van der Waals surface area (Å²) in [4.78, 5) is 12.3. The summed E-state index contributed by atoms with van der Waals surface area (Å²) < 4.78 is 5.22. The van der Waals surface area contributed by atoms with Crippen molar-refractivity contribution in [2.75, 3.05) is 33.5 Å². The minimum Gasteiger partial charge on any atom is -0.497 e. The molecule has 25 heavy (non-hydrogen) atoms. The van der Waals surface area contributed by atoms with E-state index >= 15 is 0 Å². The highest BCUT2D eigenvalue weighted by molar-refractivity contribution is 7.99. The van der Waals surface area contributed by atoms with Crippen LogP contribution in [0.15, 0.2) is 34.8 Å². The fraction of sp³-hybridized carbons (Fsp3) is 0.333. The highest BCUT2D eigenvalue weighted by atomic mass is 35.5. The van der Waals surface area contributed by atoms with Gasteiger partial charge in [0, 0.05) is 16.7 Å². The van der Waals surface area contributed by atoms with Crippen molar-refractivity contribution < 1.29 is 4.74 Å². The molecule has 0 bridgehead atoms. The molecule has 0 saturated heterocycles. The molecule has 0 atom stereocenters. The number of methoxy groups -OCH3 is 1. The van der Waals surface area contributed by atoms with E-state index in [1.165, 1.54) is 0 Å². The van der Waals surface area contributed by atoms with Crippen molar-refractivity contribution in [3.8, 4) is 16.9 Å². The first kappa shape index (κ1) is 18.5. The molecule has 0 aliphatic rings. The van der Waals surface area contributed by atoms with Gasteiger partial charge in [-0.2, -0.15) is 0 Å². The molecular formula is C18H20ClN3OS2. The lowest BCUT2D eigenvalue weighted by Gasteiger charge is -2.08. The van der Waals surface area contributed by atoms with E-state index in [0.717, 1.165) is 51.0 Å². The van der Waals surface area contributed by atoms with Crippen LogP contribution in [-0.2, 0) is 0 Å². The number of halogens is 1. The van der Waals surface area contributed by atoms with Crippen molar-refractivity contribution in [2.45, 2.75) is 11.6 Å². The maximum atomic E-state index is 6.49. The summed E-state index contributed by atoms with van der Waals surface area (Å²) in [7, 11) is 5.82. The second-order valence-electron chi connectivity index (χ2n) is 5.86. The zero-order valence-electron chi connectivity index (χ0n) is 14.5. The molecule has 2 heterocycles. The number of rotatable bonds is 7. The zero-order chi connectivity index (χ0) is 17.8.